The second kappa shape index (κ2) is 7.47. The zero-order valence-electron chi connectivity index (χ0n) is 13.9. The number of likely N-dealkylation sites (tertiary alicyclic amines) is 1. The van der Waals surface area contributed by atoms with E-state index in [-0.39, 0.29) is 11.7 Å². The van der Waals surface area contributed by atoms with Crippen molar-refractivity contribution in [1.82, 2.24) is 4.90 Å². The third kappa shape index (κ3) is 3.75. The summed E-state index contributed by atoms with van der Waals surface area (Å²) in [7, 11) is 1.41. The number of benzene rings is 2. The summed E-state index contributed by atoms with van der Waals surface area (Å²) in [5, 5.41) is 0. The average molecular weight is 327 g/mol. The first-order valence-electron chi connectivity index (χ1n) is 8.34. The quantitative estimate of drug-likeness (QED) is 0.851. The van der Waals surface area contributed by atoms with E-state index in [4.69, 9.17) is 4.74 Å². The lowest BCUT2D eigenvalue weighted by Crippen LogP contribution is -2.38. The molecule has 1 heterocycles. The number of nitrogens with zero attached hydrogens (tertiary/aromatic N) is 1. The molecule has 126 valence electrons. The highest BCUT2D eigenvalue weighted by molar-refractivity contribution is 5.94. The summed E-state index contributed by atoms with van der Waals surface area (Å²) < 4.78 is 18.7. The summed E-state index contributed by atoms with van der Waals surface area (Å²) in [5.41, 5.74) is 1.73. The third-order valence-corrected chi connectivity index (χ3v) is 4.67. The monoisotopic (exact) mass is 327 g/mol. The summed E-state index contributed by atoms with van der Waals surface area (Å²) in [6.45, 7) is 1.45. The maximum Gasteiger partial charge on any atom is 0.253 e. The number of halogens is 1. The van der Waals surface area contributed by atoms with Crippen molar-refractivity contribution in [2.45, 2.75) is 19.3 Å². The molecule has 2 aromatic carbocycles. The molecule has 0 aromatic heterocycles. The van der Waals surface area contributed by atoms with Gasteiger partial charge < -0.3 is 9.64 Å². The lowest BCUT2D eigenvalue weighted by Gasteiger charge is -2.32. The topological polar surface area (TPSA) is 29.5 Å². The largest absolute Gasteiger partial charge is 0.494 e. The summed E-state index contributed by atoms with van der Waals surface area (Å²) in [6.07, 6.45) is 3.03. The van der Waals surface area contributed by atoms with Crippen LogP contribution < -0.4 is 4.74 Å². The van der Waals surface area contributed by atoms with E-state index in [1.807, 2.05) is 11.0 Å². The molecule has 24 heavy (non-hydrogen) atoms. The molecule has 1 amide bonds. The number of methoxy groups -OCH3 is 1. The maximum atomic E-state index is 13.8. The van der Waals surface area contributed by atoms with Crippen LogP contribution in [-0.4, -0.2) is 31.0 Å². The summed E-state index contributed by atoms with van der Waals surface area (Å²) in [6, 6.07) is 14.8. The Morgan fingerprint density at radius 3 is 2.50 bits per heavy atom. The van der Waals surface area contributed by atoms with Crippen molar-refractivity contribution in [1.29, 1.82) is 0 Å². The molecule has 0 atom stereocenters. The van der Waals surface area contributed by atoms with E-state index in [1.54, 1.807) is 6.07 Å². The van der Waals surface area contributed by atoms with Gasteiger partial charge in [-0.05, 0) is 48.9 Å². The molecule has 0 bridgehead atoms. The minimum Gasteiger partial charge on any atom is -0.494 e. The minimum absolute atomic E-state index is 0.102. The predicted molar refractivity (Wildman–Crippen MR) is 91.7 cm³/mol. The van der Waals surface area contributed by atoms with E-state index in [1.165, 1.54) is 24.8 Å². The smallest absolute Gasteiger partial charge is 0.253 e. The van der Waals surface area contributed by atoms with Gasteiger partial charge >= 0.3 is 0 Å². The maximum absolute atomic E-state index is 13.8. The lowest BCUT2D eigenvalue weighted by atomic mass is 9.90. The van der Waals surface area contributed by atoms with Gasteiger partial charge in [-0.3, -0.25) is 4.79 Å². The Kier molecular flexibility index (Phi) is 5.14. The molecular formula is C20H22FNO2. The second-order valence-corrected chi connectivity index (χ2v) is 6.27. The molecule has 3 nitrogen and oxygen atoms in total. The Morgan fingerprint density at radius 2 is 1.88 bits per heavy atom. The van der Waals surface area contributed by atoms with Gasteiger partial charge in [-0.2, -0.15) is 0 Å². The van der Waals surface area contributed by atoms with Crippen molar-refractivity contribution in [2.75, 3.05) is 20.2 Å². The van der Waals surface area contributed by atoms with Gasteiger partial charge in [0.25, 0.3) is 5.91 Å². The number of hydrogen-bond acceptors (Lipinski definition) is 2. The molecule has 0 unspecified atom stereocenters. The molecule has 1 aliphatic heterocycles. The van der Waals surface area contributed by atoms with Gasteiger partial charge in [0.15, 0.2) is 11.6 Å². The van der Waals surface area contributed by atoms with Gasteiger partial charge in [0.05, 0.1) is 7.11 Å². The predicted octanol–water partition coefficient (Wildman–Crippen LogP) is 3.93. The number of amides is 1. The summed E-state index contributed by atoms with van der Waals surface area (Å²) in [4.78, 5) is 14.4. The number of piperidine rings is 1. The SMILES string of the molecule is COc1ccc(C(=O)N2CCC(Cc3ccccc3)CC2)cc1F. The zero-order valence-corrected chi connectivity index (χ0v) is 13.9. The Hall–Kier alpha value is -2.36. The van der Waals surface area contributed by atoms with Gasteiger partial charge in [0, 0.05) is 18.7 Å². The minimum atomic E-state index is -0.498. The molecule has 0 radical (unpaired) electrons. The molecule has 3 rings (SSSR count). The molecule has 0 aliphatic carbocycles. The van der Waals surface area contributed by atoms with Crippen LogP contribution in [0.1, 0.15) is 28.8 Å². The first-order valence-corrected chi connectivity index (χ1v) is 8.34. The summed E-state index contributed by atoms with van der Waals surface area (Å²) >= 11 is 0. The Morgan fingerprint density at radius 1 is 1.17 bits per heavy atom. The molecule has 0 spiro atoms. The van der Waals surface area contributed by atoms with Gasteiger partial charge in [-0.25, -0.2) is 4.39 Å². The molecular weight excluding hydrogens is 305 g/mol. The molecule has 4 heteroatoms. The number of carbonyl (C=O) groups is 1. The van der Waals surface area contributed by atoms with Crippen LogP contribution in [0.3, 0.4) is 0 Å². The van der Waals surface area contributed by atoms with E-state index in [0.29, 0.717) is 11.5 Å². The van der Waals surface area contributed by atoms with Crippen LogP contribution >= 0.6 is 0 Å². The van der Waals surface area contributed by atoms with E-state index in [2.05, 4.69) is 24.3 Å². The van der Waals surface area contributed by atoms with Crippen molar-refractivity contribution in [3.8, 4) is 5.75 Å². The first-order chi connectivity index (χ1) is 11.7. The highest BCUT2D eigenvalue weighted by atomic mass is 19.1. The molecule has 1 fully saturated rings. The van der Waals surface area contributed by atoms with E-state index in [0.717, 1.165) is 32.4 Å². The van der Waals surface area contributed by atoms with Crippen molar-refractivity contribution < 1.29 is 13.9 Å². The highest BCUT2D eigenvalue weighted by Crippen LogP contribution is 2.24. The van der Waals surface area contributed by atoms with Crippen LogP contribution in [0.15, 0.2) is 48.5 Å². The Balaban J connectivity index is 1.58. The molecule has 2 aromatic rings. The molecule has 1 aliphatic rings. The molecule has 1 saturated heterocycles. The second-order valence-electron chi connectivity index (χ2n) is 6.27. The highest BCUT2D eigenvalue weighted by Gasteiger charge is 2.24. The first kappa shape index (κ1) is 16.5. The van der Waals surface area contributed by atoms with Gasteiger partial charge in [0.2, 0.25) is 0 Å². The van der Waals surface area contributed by atoms with Crippen molar-refractivity contribution in [3.63, 3.8) is 0 Å². The number of rotatable bonds is 4. The van der Waals surface area contributed by atoms with Crippen LogP contribution in [-0.2, 0) is 6.42 Å². The fourth-order valence-corrected chi connectivity index (χ4v) is 3.27. The normalized spacial score (nSPS) is 15.3. The number of carbonyl (C=O) groups excluding carboxylic acids is 1. The van der Waals surface area contributed by atoms with E-state index < -0.39 is 5.82 Å². The fraction of sp³-hybridized carbons (Fsp3) is 0.350. The van der Waals surface area contributed by atoms with Gasteiger partial charge in [-0.1, -0.05) is 30.3 Å². The van der Waals surface area contributed by atoms with Crippen molar-refractivity contribution >= 4 is 5.91 Å². The van der Waals surface area contributed by atoms with Gasteiger partial charge in [0.1, 0.15) is 0 Å². The van der Waals surface area contributed by atoms with Crippen LogP contribution in [0.2, 0.25) is 0 Å². The standard InChI is InChI=1S/C20H22FNO2/c1-24-19-8-7-17(14-18(19)21)20(23)22-11-9-16(10-12-22)13-15-5-3-2-4-6-15/h2-8,14,16H,9-13H2,1H3. The van der Waals surface area contributed by atoms with Crippen molar-refractivity contribution in [3.05, 3.63) is 65.5 Å². The average Bonchev–Trinajstić information content (AvgIpc) is 2.62. The Labute approximate surface area is 142 Å². The summed E-state index contributed by atoms with van der Waals surface area (Å²) in [5.74, 6) is 0.161. The van der Waals surface area contributed by atoms with Crippen LogP contribution in [0.4, 0.5) is 4.39 Å². The van der Waals surface area contributed by atoms with E-state index in [9.17, 15) is 9.18 Å². The van der Waals surface area contributed by atoms with Gasteiger partial charge in [-0.15, -0.1) is 0 Å². The van der Waals surface area contributed by atoms with Crippen LogP contribution in [0, 0.1) is 11.7 Å². The fourth-order valence-electron chi connectivity index (χ4n) is 3.27. The Bertz CT molecular complexity index is 694. The molecule has 0 N–H and O–H groups in total. The third-order valence-electron chi connectivity index (χ3n) is 4.67. The van der Waals surface area contributed by atoms with Crippen LogP contribution in [0.25, 0.3) is 0 Å². The lowest BCUT2D eigenvalue weighted by molar-refractivity contribution is 0.0690. The van der Waals surface area contributed by atoms with Crippen LogP contribution in [0.5, 0.6) is 5.75 Å². The van der Waals surface area contributed by atoms with Crippen molar-refractivity contribution in [2.24, 2.45) is 5.92 Å². The molecule has 0 saturated carbocycles. The van der Waals surface area contributed by atoms with E-state index >= 15 is 0 Å². The number of ether oxygens (including phenoxy) is 1. The zero-order chi connectivity index (χ0) is 16.9. The number of hydrogen-bond donors (Lipinski definition) is 0.